The highest BCUT2D eigenvalue weighted by atomic mass is 16.5. The molecule has 22 heavy (non-hydrogen) atoms. The zero-order chi connectivity index (χ0) is 16.7. The van der Waals surface area contributed by atoms with Crippen molar-refractivity contribution in [2.75, 3.05) is 27.9 Å². The minimum Gasteiger partial charge on any atom is -0.451 e. The lowest BCUT2D eigenvalue weighted by atomic mass is 9.79. The van der Waals surface area contributed by atoms with Crippen LogP contribution in [0.25, 0.3) is 0 Å². The Labute approximate surface area is 132 Å². The van der Waals surface area contributed by atoms with Crippen LogP contribution >= 0.6 is 0 Å². The van der Waals surface area contributed by atoms with Crippen molar-refractivity contribution in [2.45, 2.75) is 39.2 Å². The number of ether oxygens (including phenoxy) is 1. The van der Waals surface area contributed by atoms with Gasteiger partial charge in [-0.15, -0.1) is 0 Å². The average Bonchev–Trinajstić information content (AvgIpc) is 2.48. The lowest BCUT2D eigenvalue weighted by Gasteiger charge is -2.36. The van der Waals surface area contributed by atoms with Crippen molar-refractivity contribution in [1.29, 1.82) is 0 Å². The molecular weight excluding hydrogens is 284 g/mol. The molecule has 1 rings (SSSR count). The van der Waals surface area contributed by atoms with Gasteiger partial charge in [-0.2, -0.15) is 4.99 Å². The second kappa shape index (κ2) is 8.60. The number of aliphatic imine (C=N–C) groups is 1. The van der Waals surface area contributed by atoms with E-state index >= 15 is 0 Å². The van der Waals surface area contributed by atoms with Crippen LogP contribution in [0.1, 0.15) is 33.1 Å². The molecule has 3 amide bonds. The summed E-state index contributed by atoms with van der Waals surface area (Å²) in [6.45, 7) is 4.72. The molecule has 0 heterocycles. The molecule has 2 atom stereocenters. The van der Waals surface area contributed by atoms with Crippen molar-refractivity contribution in [2.24, 2.45) is 16.8 Å². The van der Waals surface area contributed by atoms with Gasteiger partial charge in [0, 0.05) is 20.1 Å². The lowest BCUT2D eigenvalue weighted by Crippen LogP contribution is -2.51. The third-order valence-electron chi connectivity index (χ3n) is 4.15. The Morgan fingerprint density at radius 2 is 1.86 bits per heavy atom. The van der Waals surface area contributed by atoms with Gasteiger partial charge in [0.1, 0.15) is 0 Å². The highest BCUT2D eigenvalue weighted by Gasteiger charge is 2.29. The molecule has 1 saturated carbocycles. The van der Waals surface area contributed by atoms with E-state index in [9.17, 15) is 9.59 Å². The predicted molar refractivity (Wildman–Crippen MR) is 85.8 cm³/mol. The monoisotopic (exact) mass is 312 g/mol. The van der Waals surface area contributed by atoms with Crippen LogP contribution in [0.4, 0.5) is 9.59 Å². The van der Waals surface area contributed by atoms with Crippen LogP contribution in [-0.2, 0) is 4.74 Å². The fourth-order valence-electron chi connectivity index (χ4n) is 2.85. The Balaban J connectivity index is 2.47. The molecule has 1 N–H and O–H groups in total. The first-order valence-corrected chi connectivity index (χ1v) is 7.69. The Bertz CT molecular complexity index is 404. The Kier molecular flexibility index (Phi) is 7.14. The fraction of sp³-hybridized carbons (Fsp3) is 0.800. The van der Waals surface area contributed by atoms with Gasteiger partial charge in [-0.3, -0.25) is 0 Å². The number of amides is 3. The molecule has 1 fully saturated rings. The number of nitrogens with one attached hydrogen (secondary N) is 1. The molecule has 0 aliphatic heterocycles. The molecule has 7 heteroatoms. The van der Waals surface area contributed by atoms with Gasteiger partial charge in [-0.1, -0.05) is 20.3 Å². The van der Waals surface area contributed by atoms with Crippen LogP contribution in [0.3, 0.4) is 0 Å². The number of rotatable bonds is 4. The van der Waals surface area contributed by atoms with Crippen molar-refractivity contribution in [3.63, 3.8) is 0 Å². The maximum atomic E-state index is 12.3. The summed E-state index contributed by atoms with van der Waals surface area (Å²) in [4.78, 5) is 30.0. The average molecular weight is 312 g/mol. The van der Waals surface area contributed by atoms with Gasteiger partial charge in [0.25, 0.3) is 0 Å². The van der Waals surface area contributed by atoms with E-state index in [4.69, 9.17) is 0 Å². The van der Waals surface area contributed by atoms with Crippen LogP contribution in [0.2, 0.25) is 0 Å². The number of methoxy groups -OCH3 is 1. The van der Waals surface area contributed by atoms with E-state index in [1.807, 2.05) is 0 Å². The molecule has 0 spiro atoms. The molecule has 1 aliphatic carbocycles. The highest BCUT2D eigenvalue weighted by Crippen LogP contribution is 2.28. The van der Waals surface area contributed by atoms with Gasteiger partial charge in [0.2, 0.25) is 0 Å². The van der Waals surface area contributed by atoms with Gasteiger partial charge >= 0.3 is 12.1 Å². The number of hydrogen-bond donors (Lipinski definition) is 1. The predicted octanol–water partition coefficient (Wildman–Crippen LogP) is 2.14. The van der Waals surface area contributed by atoms with Gasteiger partial charge in [0.15, 0.2) is 0 Å². The molecule has 7 nitrogen and oxygen atoms in total. The van der Waals surface area contributed by atoms with E-state index in [0.29, 0.717) is 18.5 Å². The third kappa shape index (κ3) is 5.54. The molecule has 2 unspecified atom stereocenters. The van der Waals surface area contributed by atoms with Crippen LogP contribution in [0, 0.1) is 11.8 Å². The second-order valence-corrected chi connectivity index (χ2v) is 6.17. The number of carbonyl (C=O) groups excluding carboxylic acids is 2. The number of hydrogen-bond acceptors (Lipinski definition) is 3. The molecule has 0 radical (unpaired) electrons. The number of nitrogens with zero attached hydrogens (tertiary/aromatic N) is 3. The Morgan fingerprint density at radius 1 is 1.27 bits per heavy atom. The summed E-state index contributed by atoms with van der Waals surface area (Å²) in [6.07, 6.45) is 4.23. The third-order valence-corrected chi connectivity index (χ3v) is 4.15. The fourth-order valence-corrected chi connectivity index (χ4v) is 2.85. The Hall–Kier alpha value is -1.79. The van der Waals surface area contributed by atoms with Gasteiger partial charge in [-0.05, 0) is 24.7 Å². The van der Waals surface area contributed by atoms with Gasteiger partial charge in [-0.25, -0.2) is 9.59 Å². The van der Waals surface area contributed by atoms with E-state index in [1.54, 1.807) is 23.9 Å². The Morgan fingerprint density at radius 3 is 2.41 bits per heavy atom. The minimum atomic E-state index is -0.663. The normalized spacial score (nSPS) is 24.9. The molecule has 0 aromatic carbocycles. The van der Waals surface area contributed by atoms with Crippen LogP contribution in [0.15, 0.2) is 4.99 Å². The van der Waals surface area contributed by atoms with Crippen molar-refractivity contribution < 1.29 is 14.3 Å². The smallest absolute Gasteiger partial charge is 0.434 e. The zero-order valence-electron chi connectivity index (χ0n) is 14.2. The van der Waals surface area contributed by atoms with Crippen molar-refractivity contribution in [3.8, 4) is 0 Å². The first-order chi connectivity index (χ1) is 10.3. The first-order valence-electron chi connectivity index (χ1n) is 7.69. The van der Waals surface area contributed by atoms with Crippen molar-refractivity contribution >= 4 is 18.5 Å². The first kappa shape index (κ1) is 18.3. The van der Waals surface area contributed by atoms with Crippen LogP contribution in [-0.4, -0.2) is 62.2 Å². The highest BCUT2D eigenvalue weighted by molar-refractivity contribution is 5.78. The summed E-state index contributed by atoms with van der Waals surface area (Å²) in [5.41, 5.74) is 0. The number of urea groups is 1. The quantitative estimate of drug-likeness (QED) is 0.490. The minimum absolute atomic E-state index is 0.107. The zero-order valence-corrected chi connectivity index (χ0v) is 14.2. The molecular formula is C15H28N4O3. The SMILES string of the molecule is COC(=O)/N=C/N(C)CN(C)C(=O)NC1C(C)CCCC1C. The summed E-state index contributed by atoms with van der Waals surface area (Å²) in [6, 6.07) is 0.113. The molecule has 1 aliphatic rings. The van der Waals surface area contributed by atoms with Crippen molar-refractivity contribution in [3.05, 3.63) is 0 Å². The summed E-state index contributed by atoms with van der Waals surface area (Å²) >= 11 is 0. The summed E-state index contributed by atoms with van der Waals surface area (Å²) in [5, 5.41) is 3.12. The van der Waals surface area contributed by atoms with E-state index in [-0.39, 0.29) is 12.1 Å². The second-order valence-electron chi connectivity index (χ2n) is 6.17. The number of carbonyl (C=O) groups is 2. The maximum absolute atomic E-state index is 12.3. The van der Waals surface area contributed by atoms with E-state index < -0.39 is 6.09 Å². The standard InChI is InChI=1S/C15H28N4O3/c1-11-7-6-8-12(2)13(11)17-14(20)19(4)10-18(3)9-16-15(21)22-5/h9,11-13H,6-8,10H2,1-5H3,(H,17,20)/b16-9+. The van der Waals surface area contributed by atoms with Gasteiger partial charge < -0.3 is 19.9 Å². The molecule has 0 bridgehead atoms. The molecule has 0 saturated heterocycles. The summed E-state index contributed by atoms with van der Waals surface area (Å²) in [7, 11) is 4.73. The van der Waals surface area contributed by atoms with Gasteiger partial charge in [0.05, 0.1) is 20.1 Å². The van der Waals surface area contributed by atoms with E-state index in [0.717, 1.165) is 12.8 Å². The van der Waals surface area contributed by atoms with Crippen LogP contribution < -0.4 is 5.32 Å². The van der Waals surface area contributed by atoms with Crippen LogP contribution in [0.5, 0.6) is 0 Å². The van der Waals surface area contributed by atoms with Crippen molar-refractivity contribution in [1.82, 2.24) is 15.1 Å². The summed E-state index contributed by atoms with van der Waals surface area (Å²) < 4.78 is 4.42. The molecule has 126 valence electrons. The largest absolute Gasteiger partial charge is 0.451 e. The summed E-state index contributed by atoms with van der Waals surface area (Å²) in [5.74, 6) is 0.999. The molecule has 0 aromatic rings. The van der Waals surface area contributed by atoms with E-state index in [1.165, 1.54) is 19.9 Å². The maximum Gasteiger partial charge on any atom is 0.434 e. The topological polar surface area (TPSA) is 74.2 Å². The lowest BCUT2D eigenvalue weighted by molar-refractivity contribution is 0.163. The van der Waals surface area contributed by atoms with E-state index in [2.05, 4.69) is 28.9 Å². The molecule has 0 aromatic heterocycles.